The second-order valence-corrected chi connectivity index (χ2v) is 6.26. The van der Waals surface area contributed by atoms with E-state index in [0.717, 1.165) is 6.54 Å². The minimum Gasteiger partial charge on any atom is -0.371 e. The van der Waals surface area contributed by atoms with E-state index < -0.39 is 0 Å². The second kappa shape index (κ2) is 3.82. The second-order valence-electron chi connectivity index (χ2n) is 6.26. The Bertz CT molecular complexity index is 187. The van der Waals surface area contributed by atoms with Crippen molar-refractivity contribution in [1.82, 2.24) is 4.90 Å². The maximum atomic E-state index is 5.98. The Balaban J connectivity index is 2.42. The van der Waals surface area contributed by atoms with E-state index >= 15 is 0 Å². The van der Waals surface area contributed by atoms with Gasteiger partial charge >= 0.3 is 0 Å². The van der Waals surface area contributed by atoms with Crippen LogP contribution in [-0.2, 0) is 4.74 Å². The average molecular weight is 199 g/mol. The summed E-state index contributed by atoms with van der Waals surface area (Å²) < 4.78 is 5.98. The van der Waals surface area contributed by atoms with Gasteiger partial charge in [-0.25, -0.2) is 0 Å². The van der Waals surface area contributed by atoms with E-state index in [1.54, 1.807) is 0 Å². The lowest BCUT2D eigenvalue weighted by Gasteiger charge is -2.32. The van der Waals surface area contributed by atoms with Gasteiger partial charge in [-0.1, -0.05) is 0 Å². The van der Waals surface area contributed by atoms with Crippen molar-refractivity contribution in [2.24, 2.45) is 0 Å². The van der Waals surface area contributed by atoms with Gasteiger partial charge < -0.3 is 4.74 Å². The van der Waals surface area contributed by atoms with E-state index in [2.05, 4.69) is 46.4 Å². The van der Waals surface area contributed by atoms with E-state index in [1.807, 2.05) is 0 Å². The Hall–Kier alpha value is -0.0800. The van der Waals surface area contributed by atoms with Crippen molar-refractivity contribution in [3.8, 4) is 0 Å². The van der Waals surface area contributed by atoms with Gasteiger partial charge in [0.25, 0.3) is 0 Å². The van der Waals surface area contributed by atoms with Crippen LogP contribution in [0.1, 0.15) is 48.0 Å². The number of likely N-dealkylation sites (tertiary alicyclic amines) is 1. The van der Waals surface area contributed by atoms with Gasteiger partial charge in [-0.3, -0.25) is 4.90 Å². The molecule has 0 aliphatic carbocycles. The van der Waals surface area contributed by atoms with Gasteiger partial charge in [0, 0.05) is 18.6 Å². The van der Waals surface area contributed by atoms with Crippen LogP contribution in [0.2, 0.25) is 0 Å². The Morgan fingerprint density at radius 2 is 1.64 bits per heavy atom. The van der Waals surface area contributed by atoms with Gasteiger partial charge in [0.05, 0.1) is 11.7 Å². The predicted octanol–water partition coefficient (Wildman–Crippen LogP) is 2.67. The molecular weight excluding hydrogens is 174 g/mol. The van der Waals surface area contributed by atoms with Crippen LogP contribution in [0.15, 0.2) is 0 Å². The molecule has 1 aliphatic rings. The molecule has 1 rings (SSSR count). The number of rotatable bonds is 1. The third kappa shape index (κ3) is 3.58. The first-order valence-corrected chi connectivity index (χ1v) is 5.61. The highest BCUT2D eigenvalue weighted by Crippen LogP contribution is 2.24. The number of hydrogen-bond acceptors (Lipinski definition) is 2. The molecule has 0 amide bonds. The van der Waals surface area contributed by atoms with E-state index in [4.69, 9.17) is 4.74 Å². The quantitative estimate of drug-likeness (QED) is 0.644. The largest absolute Gasteiger partial charge is 0.371 e. The van der Waals surface area contributed by atoms with E-state index in [0.29, 0.717) is 6.10 Å². The maximum absolute atomic E-state index is 5.98. The molecule has 1 aliphatic heterocycles. The Kier molecular flexibility index (Phi) is 3.27. The number of ether oxygens (including phenoxy) is 1. The summed E-state index contributed by atoms with van der Waals surface area (Å²) in [6.45, 7) is 15.5. The van der Waals surface area contributed by atoms with E-state index in [-0.39, 0.29) is 11.1 Å². The molecule has 1 atom stereocenters. The van der Waals surface area contributed by atoms with Gasteiger partial charge in [-0.15, -0.1) is 0 Å². The Morgan fingerprint density at radius 3 is 2.00 bits per heavy atom. The average Bonchev–Trinajstić information content (AvgIpc) is 2.29. The van der Waals surface area contributed by atoms with Crippen LogP contribution in [-0.4, -0.2) is 35.2 Å². The molecule has 2 nitrogen and oxygen atoms in total. The lowest BCUT2D eigenvalue weighted by Crippen LogP contribution is -2.40. The molecule has 0 saturated carbocycles. The fourth-order valence-electron chi connectivity index (χ4n) is 1.93. The lowest BCUT2D eigenvalue weighted by atomic mass is 10.1. The molecule has 1 unspecified atom stereocenters. The van der Waals surface area contributed by atoms with Crippen molar-refractivity contribution < 1.29 is 4.74 Å². The molecule has 1 saturated heterocycles. The first-order chi connectivity index (χ1) is 6.18. The normalized spacial score (nSPS) is 25.7. The minimum absolute atomic E-state index is 0.00143. The molecule has 0 bridgehead atoms. The molecular formula is C12H25NO. The maximum Gasteiger partial charge on any atom is 0.0721 e. The number of nitrogens with zero attached hydrogens (tertiary/aromatic N) is 1. The summed E-state index contributed by atoms with van der Waals surface area (Å²) in [7, 11) is 0. The SMILES string of the molecule is CC(C)(C)OC1CCN(C(C)(C)C)C1. The van der Waals surface area contributed by atoms with Crippen LogP contribution in [0.5, 0.6) is 0 Å². The van der Waals surface area contributed by atoms with Crippen LogP contribution >= 0.6 is 0 Å². The first-order valence-electron chi connectivity index (χ1n) is 5.61. The molecule has 1 fully saturated rings. The molecule has 84 valence electrons. The Morgan fingerprint density at radius 1 is 1.07 bits per heavy atom. The van der Waals surface area contributed by atoms with Crippen LogP contribution in [0, 0.1) is 0 Å². The molecule has 0 N–H and O–H groups in total. The predicted molar refractivity (Wildman–Crippen MR) is 60.6 cm³/mol. The zero-order valence-electron chi connectivity index (χ0n) is 10.6. The monoisotopic (exact) mass is 199 g/mol. The summed E-state index contributed by atoms with van der Waals surface area (Å²) in [4.78, 5) is 2.50. The highest BCUT2D eigenvalue weighted by atomic mass is 16.5. The van der Waals surface area contributed by atoms with Crippen LogP contribution in [0.4, 0.5) is 0 Å². The van der Waals surface area contributed by atoms with Gasteiger partial charge in [0.1, 0.15) is 0 Å². The molecule has 2 heteroatoms. The lowest BCUT2D eigenvalue weighted by molar-refractivity contribution is -0.0567. The summed E-state index contributed by atoms with van der Waals surface area (Å²) in [5, 5.41) is 0. The van der Waals surface area contributed by atoms with Crippen molar-refractivity contribution >= 4 is 0 Å². The van der Waals surface area contributed by atoms with Gasteiger partial charge in [0.15, 0.2) is 0 Å². The van der Waals surface area contributed by atoms with Crippen LogP contribution < -0.4 is 0 Å². The summed E-state index contributed by atoms with van der Waals surface area (Å²) in [6, 6.07) is 0. The summed E-state index contributed by atoms with van der Waals surface area (Å²) in [6.07, 6.45) is 1.60. The number of hydrogen-bond donors (Lipinski definition) is 0. The molecule has 0 aromatic heterocycles. The van der Waals surface area contributed by atoms with Gasteiger partial charge in [0.2, 0.25) is 0 Å². The van der Waals surface area contributed by atoms with Crippen molar-refractivity contribution in [2.75, 3.05) is 13.1 Å². The third-order valence-electron chi connectivity index (χ3n) is 2.61. The van der Waals surface area contributed by atoms with Crippen molar-refractivity contribution in [1.29, 1.82) is 0 Å². The first kappa shape index (κ1) is 12.0. The molecule has 0 aromatic rings. The summed E-state index contributed by atoms with van der Waals surface area (Å²) >= 11 is 0. The van der Waals surface area contributed by atoms with E-state index in [9.17, 15) is 0 Å². The third-order valence-corrected chi connectivity index (χ3v) is 2.61. The topological polar surface area (TPSA) is 12.5 Å². The highest BCUT2D eigenvalue weighted by molar-refractivity contribution is 4.86. The zero-order valence-corrected chi connectivity index (χ0v) is 10.6. The van der Waals surface area contributed by atoms with Crippen molar-refractivity contribution in [3.63, 3.8) is 0 Å². The van der Waals surface area contributed by atoms with E-state index in [1.165, 1.54) is 13.0 Å². The summed E-state index contributed by atoms with van der Waals surface area (Å²) in [5.74, 6) is 0. The fourth-order valence-corrected chi connectivity index (χ4v) is 1.93. The van der Waals surface area contributed by atoms with Crippen molar-refractivity contribution in [3.05, 3.63) is 0 Å². The minimum atomic E-state index is -0.00143. The highest BCUT2D eigenvalue weighted by Gasteiger charge is 2.32. The molecule has 0 spiro atoms. The van der Waals surface area contributed by atoms with Crippen LogP contribution in [0.25, 0.3) is 0 Å². The molecule has 0 aromatic carbocycles. The van der Waals surface area contributed by atoms with Crippen molar-refractivity contribution in [2.45, 2.75) is 65.2 Å². The zero-order chi connectivity index (χ0) is 11.0. The standard InChI is InChI=1S/C12H25NO/c1-11(2,3)13-8-7-10(9-13)14-12(4,5)6/h10H,7-9H2,1-6H3. The fraction of sp³-hybridized carbons (Fsp3) is 1.00. The van der Waals surface area contributed by atoms with Gasteiger partial charge in [-0.05, 0) is 48.0 Å². The smallest absolute Gasteiger partial charge is 0.0721 e. The molecule has 0 radical (unpaired) electrons. The van der Waals surface area contributed by atoms with Crippen LogP contribution in [0.3, 0.4) is 0 Å². The molecule has 14 heavy (non-hydrogen) atoms. The van der Waals surface area contributed by atoms with Gasteiger partial charge in [-0.2, -0.15) is 0 Å². The summed E-state index contributed by atoms with van der Waals surface area (Å²) in [5.41, 5.74) is 0.286. The molecule has 1 heterocycles. The Labute approximate surface area is 88.6 Å².